The Morgan fingerprint density at radius 2 is 1.97 bits per heavy atom. The minimum Gasteiger partial charge on any atom is -0.376 e. The van der Waals surface area contributed by atoms with Crippen LogP contribution >= 0.6 is 24.0 Å². The summed E-state index contributed by atoms with van der Waals surface area (Å²) in [6, 6.07) is 5.46. The van der Waals surface area contributed by atoms with Gasteiger partial charge in [0, 0.05) is 38.7 Å². The molecular formula is C24H26N4O5S2. The Bertz CT molecular complexity index is 1260. The van der Waals surface area contributed by atoms with Crippen LogP contribution in [0.1, 0.15) is 31.2 Å². The summed E-state index contributed by atoms with van der Waals surface area (Å²) in [6.07, 6.45) is 6.63. The highest BCUT2D eigenvalue weighted by molar-refractivity contribution is 8.26. The zero-order chi connectivity index (χ0) is 24.0. The maximum atomic E-state index is 13.6. The average Bonchev–Trinajstić information content (AvgIpc) is 3.61. The number of fused-ring (bicyclic) bond motifs is 1. The monoisotopic (exact) mass is 514 g/mol. The van der Waals surface area contributed by atoms with Crippen LogP contribution in [0.4, 0.5) is 5.82 Å². The van der Waals surface area contributed by atoms with Crippen LogP contribution in [0.25, 0.3) is 11.7 Å². The number of anilines is 1. The van der Waals surface area contributed by atoms with Crippen molar-refractivity contribution in [2.75, 3.05) is 44.4 Å². The molecule has 0 aliphatic carbocycles. The molecule has 4 aliphatic rings. The molecule has 6 heterocycles. The van der Waals surface area contributed by atoms with E-state index in [1.807, 2.05) is 12.1 Å². The van der Waals surface area contributed by atoms with Gasteiger partial charge in [-0.1, -0.05) is 30.0 Å². The lowest BCUT2D eigenvalue weighted by atomic mass is 10.0. The molecule has 6 rings (SSSR count). The molecule has 11 heteroatoms. The molecule has 35 heavy (non-hydrogen) atoms. The van der Waals surface area contributed by atoms with Crippen molar-refractivity contribution in [1.29, 1.82) is 0 Å². The van der Waals surface area contributed by atoms with E-state index in [4.69, 9.17) is 31.4 Å². The lowest BCUT2D eigenvalue weighted by Crippen LogP contribution is -2.46. The van der Waals surface area contributed by atoms with Gasteiger partial charge in [-0.3, -0.25) is 18.9 Å². The number of rotatable bonds is 4. The van der Waals surface area contributed by atoms with Gasteiger partial charge >= 0.3 is 0 Å². The van der Waals surface area contributed by atoms with E-state index in [1.165, 1.54) is 16.2 Å². The van der Waals surface area contributed by atoms with Gasteiger partial charge in [0.2, 0.25) is 0 Å². The Labute approximate surface area is 212 Å². The fourth-order valence-electron chi connectivity index (χ4n) is 5.08. The molecule has 4 fully saturated rings. The number of piperidine rings is 1. The third-order valence-electron chi connectivity index (χ3n) is 6.95. The van der Waals surface area contributed by atoms with Crippen molar-refractivity contribution in [3.63, 3.8) is 0 Å². The first-order valence-electron chi connectivity index (χ1n) is 11.9. The zero-order valence-electron chi connectivity index (χ0n) is 19.2. The Balaban J connectivity index is 1.35. The predicted octanol–water partition coefficient (Wildman–Crippen LogP) is 2.42. The summed E-state index contributed by atoms with van der Waals surface area (Å²) in [5.41, 5.74) is 0.725. The van der Waals surface area contributed by atoms with Crippen molar-refractivity contribution in [2.45, 2.75) is 37.6 Å². The topological polar surface area (TPSA) is 85.6 Å². The van der Waals surface area contributed by atoms with Gasteiger partial charge in [-0.2, -0.15) is 0 Å². The summed E-state index contributed by atoms with van der Waals surface area (Å²) in [7, 11) is 0. The smallest absolute Gasteiger partial charge is 0.267 e. The van der Waals surface area contributed by atoms with E-state index < -0.39 is 5.79 Å². The van der Waals surface area contributed by atoms with Gasteiger partial charge in [0.05, 0.1) is 36.3 Å². The maximum Gasteiger partial charge on any atom is 0.267 e. The minimum absolute atomic E-state index is 0.000988. The Morgan fingerprint density at radius 1 is 1.17 bits per heavy atom. The largest absolute Gasteiger partial charge is 0.376 e. The van der Waals surface area contributed by atoms with Crippen LogP contribution in [0.3, 0.4) is 0 Å². The number of thiocarbonyl (C=S) groups is 1. The van der Waals surface area contributed by atoms with Crippen LogP contribution in [0.2, 0.25) is 0 Å². The molecule has 184 valence electrons. The summed E-state index contributed by atoms with van der Waals surface area (Å²) < 4.78 is 19.4. The number of aromatic nitrogens is 2. The number of carbonyl (C=O) groups is 1. The van der Waals surface area contributed by atoms with E-state index in [-0.39, 0.29) is 17.6 Å². The van der Waals surface area contributed by atoms with Gasteiger partial charge in [0.1, 0.15) is 15.8 Å². The molecule has 2 aromatic heterocycles. The van der Waals surface area contributed by atoms with Gasteiger partial charge in [0.25, 0.3) is 11.5 Å². The van der Waals surface area contributed by atoms with E-state index in [9.17, 15) is 9.59 Å². The second kappa shape index (κ2) is 9.29. The van der Waals surface area contributed by atoms with Gasteiger partial charge in [-0.25, -0.2) is 4.98 Å². The summed E-state index contributed by atoms with van der Waals surface area (Å²) >= 11 is 6.73. The number of thioether (sulfide) groups is 1. The standard InChI is InChI=1S/C24H26N4O5S2/c29-21-17(14-18-22(30)28(23(34)35-18)15-16-4-3-11-31-16)20(25-19-5-1-2-8-27(19)21)26-9-6-24(7-10-26)32-12-13-33-24/h1-2,5,8,14,16H,3-4,6-7,9-13,15H2. The molecular weight excluding hydrogens is 488 g/mol. The second-order valence-corrected chi connectivity index (χ2v) is 10.8. The minimum atomic E-state index is -0.534. The summed E-state index contributed by atoms with van der Waals surface area (Å²) in [4.78, 5) is 35.8. The van der Waals surface area contributed by atoms with Crippen molar-refractivity contribution >= 4 is 51.7 Å². The fraction of sp³-hybridized carbons (Fsp3) is 0.500. The first kappa shape index (κ1) is 23.1. The SMILES string of the molecule is O=C1C(=Cc2c(N3CCC4(CC3)OCCO4)nc3ccccn3c2=O)SC(=S)N1CC1CCCO1. The number of pyridine rings is 1. The van der Waals surface area contributed by atoms with E-state index in [0.717, 1.165) is 12.8 Å². The zero-order valence-corrected chi connectivity index (χ0v) is 20.8. The molecule has 4 aliphatic heterocycles. The van der Waals surface area contributed by atoms with Crippen LogP contribution in [0.5, 0.6) is 0 Å². The van der Waals surface area contributed by atoms with Gasteiger partial charge in [-0.15, -0.1) is 0 Å². The molecule has 1 spiro atoms. The number of hydrogen-bond acceptors (Lipinski definition) is 9. The maximum absolute atomic E-state index is 13.6. The third kappa shape index (κ3) is 4.29. The quantitative estimate of drug-likeness (QED) is 0.451. The number of hydrogen-bond donors (Lipinski definition) is 0. The first-order chi connectivity index (χ1) is 17.0. The van der Waals surface area contributed by atoms with Crippen molar-refractivity contribution in [3.8, 4) is 0 Å². The molecule has 2 aromatic rings. The lowest BCUT2D eigenvalue weighted by molar-refractivity contribution is -0.169. The Morgan fingerprint density at radius 3 is 2.71 bits per heavy atom. The Hall–Kier alpha value is -2.31. The summed E-state index contributed by atoms with van der Waals surface area (Å²) in [6.45, 7) is 3.64. The molecule has 0 bridgehead atoms. The second-order valence-electron chi connectivity index (χ2n) is 9.11. The van der Waals surface area contributed by atoms with Crippen LogP contribution in [0, 0.1) is 0 Å². The van der Waals surface area contributed by atoms with Crippen LogP contribution in [-0.4, -0.2) is 75.9 Å². The van der Waals surface area contributed by atoms with Crippen molar-refractivity contribution in [1.82, 2.24) is 14.3 Å². The van der Waals surface area contributed by atoms with Crippen molar-refractivity contribution in [3.05, 3.63) is 45.2 Å². The van der Waals surface area contributed by atoms with Crippen LogP contribution < -0.4 is 10.5 Å². The molecule has 1 amide bonds. The first-order valence-corrected chi connectivity index (χ1v) is 13.2. The number of amides is 1. The number of carbonyl (C=O) groups excluding carboxylic acids is 1. The van der Waals surface area contributed by atoms with Gasteiger partial charge in [0.15, 0.2) is 5.79 Å². The molecule has 1 unspecified atom stereocenters. The van der Waals surface area contributed by atoms with E-state index in [2.05, 4.69) is 4.90 Å². The molecule has 1 atom stereocenters. The van der Waals surface area contributed by atoms with Crippen molar-refractivity contribution in [2.24, 2.45) is 0 Å². The van der Waals surface area contributed by atoms with Crippen LogP contribution in [-0.2, 0) is 19.0 Å². The van der Waals surface area contributed by atoms with Gasteiger partial charge < -0.3 is 19.1 Å². The molecule has 0 N–H and O–H groups in total. The molecule has 9 nitrogen and oxygen atoms in total. The summed E-state index contributed by atoms with van der Waals surface area (Å²) in [5.74, 6) is -0.157. The lowest BCUT2D eigenvalue weighted by Gasteiger charge is -2.38. The molecule has 0 saturated carbocycles. The normalized spacial score (nSPS) is 25.6. The molecule has 4 saturated heterocycles. The highest BCUT2D eigenvalue weighted by Crippen LogP contribution is 2.36. The molecule has 0 radical (unpaired) electrons. The molecule has 0 aromatic carbocycles. The highest BCUT2D eigenvalue weighted by atomic mass is 32.2. The van der Waals surface area contributed by atoms with E-state index in [0.29, 0.717) is 78.6 Å². The third-order valence-corrected chi connectivity index (χ3v) is 8.32. The van der Waals surface area contributed by atoms with Gasteiger partial charge in [-0.05, 0) is 31.1 Å². The van der Waals surface area contributed by atoms with E-state index >= 15 is 0 Å². The average molecular weight is 515 g/mol. The van der Waals surface area contributed by atoms with E-state index in [1.54, 1.807) is 23.2 Å². The fourth-order valence-corrected chi connectivity index (χ4v) is 6.34. The summed E-state index contributed by atoms with van der Waals surface area (Å²) in [5, 5.41) is 0. The highest BCUT2D eigenvalue weighted by Gasteiger charge is 2.41. The number of ether oxygens (including phenoxy) is 3. The Kier molecular flexibility index (Phi) is 6.13. The number of nitrogens with zero attached hydrogens (tertiary/aromatic N) is 4. The predicted molar refractivity (Wildman–Crippen MR) is 136 cm³/mol. The van der Waals surface area contributed by atoms with Crippen molar-refractivity contribution < 1.29 is 19.0 Å². The van der Waals surface area contributed by atoms with Crippen LogP contribution in [0.15, 0.2) is 34.1 Å².